The van der Waals surface area contributed by atoms with Gasteiger partial charge >= 0.3 is 0 Å². The molecule has 0 aromatic carbocycles. The zero-order chi connectivity index (χ0) is 10.7. The number of hydrogen-bond donors (Lipinski definition) is 2. The van der Waals surface area contributed by atoms with Crippen molar-refractivity contribution < 1.29 is 0 Å². The van der Waals surface area contributed by atoms with Gasteiger partial charge in [0.2, 0.25) is 11.9 Å². The maximum absolute atomic E-state index is 5.64. The van der Waals surface area contributed by atoms with Crippen LogP contribution in [-0.2, 0) is 5.88 Å². The largest absolute Gasteiger partial charge is 0.368 e. The highest BCUT2D eigenvalue weighted by Gasteiger charge is 2.17. The predicted molar refractivity (Wildman–Crippen MR) is 59.6 cm³/mol. The Bertz CT molecular complexity index is 339. The predicted octanol–water partition coefficient (Wildman–Crippen LogP) is 1.40. The molecule has 1 heterocycles. The van der Waals surface area contributed by atoms with Crippen LogP contribution in [-0.4, -0.2) is 21.5 Å². The van der Waals surface area contributed by atoms with E-state index >= 15 is 0 Å². The Kier molecular flexibility index (Phi) is 3.20. The molecule has 82 valence electrons. The van der Waals surface area contributed by atoms with Crippen LogP contribution < -0.4 is 11.1 Å². The number of nitrogens with one attached hydrogen (secondary N) is 1. The van der Waals surface area contributed by atoms with Crippen molar-refractivity contribution in [1.82, 2.24) is 15.0 Å². The highest BCUT2D eigenvalue weighted by Crippen LogP contribution is 2.26. The molecule has 0 spiro atoms. The number of anilines is 2. The first-order valence-corrected chi connectivity index (χ1v) is 5.61. The van der Waals surface area contributed by atoms with Gasteiger partial charge in [-0.1, -0.05) is 6.42 Å². The van der Waals surface area contributed by atoms with Crippen LogP contribution in [0.3, 0.4) is 0 Å². The van der Waals surface area contributed by atoms with E-state index < -0.39 is 0 Å². The fraction of sp³-hybridized carbons (Fsp3) is 0.667. The summed E-state index contributed by atoms with van der Waals surface area (Å²) in [5.74, 6) is 2.27. The number of rotatable bonds is 4. The molecule has 0 atom stereocenters. The van der Waals surface area contributed by atoms with E-state index in [1.807, 2.05) is 0 Å². The molecule has 0 aliphatic heterocycles. The molecule has 0 radical (unpaired) electrons. The van der Waals surface area contributed by atoms with Crippen LogP contribution in [0.2, 0.25) is 0 Å². The second-order valence-electron chi connectivity index (χ2n) is 3.74. The zero-order valence-electron chi connectivity index (χ0n) is 8.41. The lowest BCUT2D eigenvalue weighted by Crippen LogP contribution is -2.22. The molecule has 1 fully saturated rings. The molecular formula is C9H14ClN5. The second-order valence-corrected chi connectivity index (χ2v) is 4.01. The first-order chi connectivity index (χ1) is 7.28. The van der Waals surface area contributed by atoms with E-state index in [0.717, 1.165) is 12.5 Å². The summed E-state index contributed by atoms with van der Waals surface area (Å²) in [4.78, 5) is 12.0. The molecule has 0 bridgehead atoms. The molecular weight excluding hydrogens is 214 g/mol. The Morgan fingerprint density at radius 2 is 2.13 bits per heavy atom. The van der Waals surface area contributed by atoms with Crippen molar-refractivity contribution in [2.75, 3.05) is 17.6 Å². The maximum atomic E-state index is 5.64. The van der Waals surface area contributed by atoms with Gasteiger partial charge < -0.3 is 11.1 Å². The van der Waals surface area contributed by atoms with E-state index in [1.54, 1.807) is 0 Å². The Morgan fingerprint density at radius 1 is 1.33 bits per heavy atom. The van der Waals surface area contributed by atoms with E-state index in [9.17, 15) is 0 Å². The first kappa shape index (κ1) is 10.4. The molecule has 15 heavy (non-hydrogen) atoms. The van der Waals surface area contributed by atoms with Crippen LogP contribution in [0.15, 0.2) is 0 Å². The molecule has 1 aromatic rings. The fourth-order valence-corrected chi connectivity index (χ4v) is 1.63. The van der Waals surface area contributed by atoms with Crippen molar-refractivity contribution in [3.63, 3.8) is 0 Å². The molecule has 1 aromatic heterocycles. The Balaban J connectivity index is 1.96. The van der Waals surface area contributed by atoms with Crippen LogP contribution >= 0.6 is 11.6 Å². The van der Waals surface area contributed by atoms with Gasteiger partial charge in [-0.15, -0.1) is 11.6 Å². The SMILES string of the molecule is Nc1nc(CCl)nc(NCC2CCC2)n1. The third-order valence-electron chi connectivity index (χ3n) is 2.59. The lowest BCUT2D eigenvalue weighted by atomic mass is 9.85. The van der Waals surface area contributed by atoms with E-state index in [1.165, 1.54) is 19.3 Å². The molecule has 6 heteroatoms. The highest BCUT2D eigenvalue weighted by molar-refractivity contribution is 6.16. The lowest BCUT2D eigenvalue weighted by molar-refractivity contribution is 0.333. The van der Waals surface area contributed by atoms with Gasteiger partial charge in [0.1, 0.15) is 0 Å². The van der Waals surface area contributed by atoms with Gasteiger partial charge in [-0.2, -0.15) is 15.0 Å². The highest BCUT2D eigenvalue weighted by atomic mass is 35.5. The van der Waals surface area contributed by atoms with Gasteiger partial charge in [0, 0.05) is 6.54 Å². The molecule has 3 N–H and O–H groups in total. The summed E-state index contributed by atoms with van der Waals surface area (Å²) >= 11 is 5.64. The first-order valence-electron chi connectivity index (χ1n) is 5.08. The maximum Gasteiger partial charge on any atom is 0.227 e. The normalized spacial score (nSPS) is 16.1. The van der Waals surface area contributed by atoms with Crippen LogP contribution in [0.4, 0.5) is 11.9 Å². The summed E-state index contributed by atoms with van der Waals surface area (Å²) in [5, 5.41) is 3.16. The van der Waals surface area contributed by atoms with Crippen molar-refractivity contribution in [3.8, 4) is 0 Å². The van der Waals surface area contributed by atoms with Crippen LogP contribution in [0.5, 0.6) is 0 Å². The molecule has 5 nitrogen and oxygen atoms in total. The van der Waals surface area contributed by atoms with E-state index in [2.05, 4.69) is 20.3 Å². The summed E-state index contributed by atoms with van der Waals surface area (Å²) in [6, 6.07) is 0. The number of nitrogens with zero attached hydrogens (tertiary/aromatic N) is 3. The number of aromatic nitrogens is 3. The third-order valence-corrected chi connectivity index (χ3v) is 2.83. The van der Waals surface area contributed by atoms with Crippen LogP contribution in [0, 0.1) is 5.92 Å². The van der Waals surface area contributed by atoms with Crippen molar-refractivity contribution in [2.45, 2.75) is 25.1 Å². The number of hydrogen-bond acceptors (Lipinski definition) is 5. The standard InChI is InChI=1S/C9H14ClN5/c10-4-7-13-8(11)15-9(14-7)12-5-6-2-1-3-6/h6H,1-5H2,(H3,11,12,13,14,15). The van der Waals surface area contributed by atoms with E-state index in [0.29, 0.717) is 11.8 Å². The van der Waals surface area contributed by atoms with Crippen LogP contribution in [0.25, 0.3) is 0 Å². The molecule has 0 saturated heterocycles. The monoisotopic (exact) mass is 227 g/mol. The summed E-state index contributed by atoms with van der Waals surface area (Å²) in [6.45, 7) is 0.908. The number of halogens is 1. The van der Waals surface area contributed by atoms with Gasteiger partial charge in [0.25, 0.3) is 0 Å². The summed E-state index contributed by atoms with van der Waals surface area (Å²) in [7, 11) is 0. The van der Waals surface area contributed by atoms with Gasteiger partial charge in [-0.05, 0) is 18.8 Å². The molecule has 1 aliphatic rings. The van der Waals surface area contributed by atoms with E-state index in [-0.39, 0.29) is 11.8 Å². The van der Waals surface area contributed by atoms with Gasteiger partial charge in [-0.25, -0.2) is 0 Å². The smallest absolute Gasteiger partial charge is 0.227 e. The minimum Gasteiger partial charge on any atom is -0.368 e. The summed E-state index contributed by atoms with van der Waals surface area (Å²) in [5.41, 5.74) is 5.53. The average Bonchev–Trinajstić information content (AvgIpc) is 2.14. The topological polar surface area (TPSA) is 76.7 Å². The van der Waals surface area contributed by atoms with Gasteiger partial charge in [-0.3, -0.25) is 0 Å². The molecule has 2 rings (SSSR count). The minimum atomic E-state index is 0.219. The Morgan fingerprint density at radius 3 is 2.73 bits per heavy atom. The molecule has 1 saturated carbocycles. The number of nitrogen functional groups attached to an aromatic ring is 1. The van der Waals surface area contributed by atoms with Crippen LogP contribution in [0.1, 0.15) is 25.1 Å². The Hall–Kier alpha value is -1.10. The number of nitrogens with two attached hydrogens (primary N) is 1. The number of alkyl halides is 1. The quantitative estimate of drug-likeness (QED) is 0.761. The van der Waals surface area contributed by atoms with E-state index in [4.69, 9.17) is 17.3 Å². The fourth-order valence-electron chi connectivity index (χ4n) is 1.51. The molecule has 1 aliphatic carbocycles. The van der Waals surface area contributed by atoms with Crippen molar-refractivity contribution >= 4 is 23.5 Å². The minimum absolute atomic E-state index is 0.219. The summed E-state index contributed by atoms with van der Waals surface area (Å²) < 4.78 is 0. The lowest BCUT2D eigenvalue weighted by Gasteiger charge is -2.25. The summed E-state index contributed by atoms with van der Waals surface area (Å²) in [6.07, 6.45) is 3.91. The van der Waals surface area contributed by atoms with Crippen molar-refractivity contribution in [3.05, 3.63) is 5.82 Å². The van der Waals surface area contributed by atoms with Crippen molar-refractivity contribution in [1.29, 1.82) is 0 Å². The Labute approximate surface area is 93.5 Å². The van der Waals surface area contributed by atoms with Crippen molar-refractivity contribution in [2.24, 2.45) is 5.92 Å². The van der Waals surface area contributed by atoms with Gasteiger partial charge in [0.05, 0.1) is 5.88 Å². The zero-order valence-corrected chi connectivity index (χ0v) is 9.17. The molecule has 0 amide bonds. The van der Waals surface area contributed by atoms with Gasteiger partial charge in [0.15, 0.2) is 5.82 Å². The third kappa shape index (κ3) is 2.68. The second kappa shape index (κ2) is 4.61. The molecule has 0 unspecified atom stereocenters. The average molecular weight is 228 g/mol.